The van der Waals surface area contributed by atoms with Gasteiger partial charge in [0.15, 0.2) is 0 Å². The second kappa shape index (κ2) is 5.72. The Labute approximate surface area is 127 Å². The minimum atomic E-state index is -0.738. The van der Waals surface area contributed by atoms with Crippen LogP contribution in [0.3, 0.4) is 0 Å². The molecule has 1 unspecified atom stereocenters. The highest BCUT2D eigenvalue weighted by atomic mass is 35.5. The molecule has 2 N–H and O–H groups in total. The van der Waals surface area contributed by atoms with Crippen LogP contribution in [0.5, 0.6) is 0 Å². The Morgan fingerprint density at radius 3 is 2.65 bits per heavy atom. The van der Waals surface area contributed by atoms with Crippen molar-refractivity contribution in [1.82, 2.24) is 9.78 Å². The summed E-state index contributed by atoms with van der Waals surface area (Å²) in [5, 5.41) is 4.49. The Bertz CT molecular complexity index is 623. The van der Waals surface area contributed by atoms with Crippen LogP contribution in [0.1, 0.15) is 24.5 Å². The van der Waals surface area contributed by atoms with Gasteiger partial charge in [-0.05, 0) is 43.0 Å². The predicted octanol–water partition coefficient (Wildman–Crippen LogP) is 3.67. The lowest BCUT2D eigenvalue weighted by Gasteiger charge is -2.26. The van der Waals surface area contributed by atoms with Crippen molar-refractivity contribution in [3.63, 3.8) is 0 Å². The normalized spacial score (nSPS) is 14.3. The van der Waals surface area contributed by atoms with Gasteiger partial charge in [-0.1, -0.05) is 23.2 Å². The molecule has 0 radical (unpaired) electrons. The summed E-state index contributed by atoms with van der Waals surface area (Å²) in [6.07, 6.45) is 5.08. The Hall–Kier alpha value is -1.10. The fraction of sp³-hybridized carbons (Fsp3) is 0.357. The summed E-state index contributed by atoms with van der Waals surface area (Å²) in [7, 11) is 1.86. The summed E-state index contributed by atoms with van der Waals surface area (Å²) in [5.74, 6) is -0.510. The van der Waals surface area contributed by atoms with Crippen molar-refractivity contribution in [1.29, 1.82) is 0 Å². The number of benzene rings is 1. The zero-order valence-corrected chi connectivity index (χ0v) is 12.8. The minimum Gasteiger partial charge on any atom is -0.322 e. The van der Waals surface area contributed by atoms with E-state index in [1.807, 2.05) is 20.2 Å². The molecule has 108 valence electrons. The lowest BCUT2D eigenvalue weighted by Crippen LogP contribution is -2.34. The van der Waals surface area contributed by atoms with Crippen LogP contribution in [0.15, 0.2) is 24.5 Å². The number of aryl methyl sites for hydroxylation is 2. The molecule has 6 heteroatoms. The number of nitrogens with two attached hydrogens (primary N) is 1. The maximum atomic E-state index is 13.6. The van der Waals surface area contributed by atoms with Gasteiger partial charge in [-0.2, -0.15) is 5.10 Å². The quantitative estimate of drug-likeness (QED) is 0.875. The lowest BCUT2D eigenvalue weighted by atomic mass is 9.87. The Morgan fingerprint density at radius 2 is 2.05 bits per heavy atom. The summed E-state index contributed by atoms with van der Waals surface area (Å²) in [5.41, 5.74) is 7.19. The second-order valence-corrected chi connectivity index (χ2v) is 6.00. The van der Waals surface area contributed by atoms with Gasteiger partial charge in [0.2, 0.25) is 0 Å². The first-order valence-corrected chi connectivity index (χ1v) is 6.96. The van der Waals surface area contributed by atoms with Gasteiger partial charge < -0.3 is 5.73 Å². The van der Waals surface area contributed by atoms with Crippen molar-refractivity contribution in [2.45, 2.75) is 25.3 Å². The first kappa shape index (κ1) is 15.3. The highest BCUT2D eigenvalue weighted by Gasteiger charge is 2.25. The standard InChI is InChI=1S/C14H16Cl2FN3/c1-14(18,4-3-9-7-19-20(2)8-9)10-5-13(17)12(16)6-11(10)15/h5-8H,3-4,18H2,1-2H3. The van der Waals surface area contributed by atoms with E-state index < -0.39 is 11.4 Å². The van der Waals surface area contributed by atoms with Crippen molar-refractivity contribution in [3.05, 3.63) is 51.5 Å². The van der Waals surface area contributed by atoms with Crippen LogP contribution < -0.4 is 5.73 Å². The smallest absolute Gasteiger partial charge is 0.142 e. The van der Waals surface area contributed by atoms with Gasteiger partial charge in [0.25, 0.3) is 0 Å². The topological polar surface area (TPSA) is 43.8 Å². The zero-order valence-electron chi connectivity index (χ0n) is 11.3. The average Bonchev–Trinajstić information content (AvgIpc) is 2.77. The SMILES string of the molecule is Cn1cc(CCC(C)(N)c2cc(F)c(Cl)cc2Cl)cn1. The summed E-state index contributed by atoms with van der Waals surface area (Å²) in [4.78, 5) is 0. The minimum absolute atomic E-state index is 0.00168. The van der Waals surface area contributed by atoms with Crippen LogP contribution in [0.25, 0.3) is 0 Å². The fourth-order valence-electron chi connectivity index (χ4n) is 2.10. The third-order valence-electron chi connectivity index (χ3n) is 3.32. The van der Waals surface area contributed by atoms with Gasteiger partial charge in [-0.3, -0.25) is 4.68 Å². The largest absolute Gasteiger partial charge is 0.322 e. The van der Waals surface area contributed by atoms with Gasteiger partial charge in [0, 0.05) is 23.8 Å². The molecule has 2 aromatic rings. The van der Waals surface area contributed by atoms with Crippen LogP contribution in [-0.4, -0.2) is 9.78 Å². The highest BCUT2D eigenvalue weighted by molar-refractivity contribution is 6.35. The molecule has 1 atom stereocenters. The van der Waals surface area contributed by atoms with Gasteiger partial charge in [0.05, 0.1) is 11.2 Å². The third kappa shape index (κ3) is 3.32. The molecule has 0 amide bonds. The number of halogens is 3. The Balaban J connectivity index is 2.19. The summed E-state index contributed by atoms with van der Waals surface area (Å²) >= 11 is 11.8. The molecule has 0 aliphatic rings. The number of hydrogen-bond acceptors (Lipinski definition) is 2. The molecule has 1 heterocycles. The Morgan fingerprint density at radius 1 is 1.35 bits per heavy atom. The number of rotatable bonds is 4. The average molecular weight is 316 g/mol. The molecule has 20 heavy (non-hydrogen) atoms. The second-order valence-electron chi connectivity index (χ2n) is 5.19. The van der Waals surface area contributed by atoms with E-state index in [-0.39, 0.29) is 5.02 Å². The van der Waals surface area contributed by atoms with Crippen LogP contribution in [0.4, 0.5) is 4.39 Å². The molecular weight excluding hydrogens is 300 g/mol. The maximum absolute atomic E-state index is 13.6. The molecule has 0 aliphatic carbocycles. The molecule has 0 fully saturated rings. The number of nitrogens with zero attached hydrogens (tertiary/aromatic N) is 2. The van der Waals surface area contributed by atoms with E-state index in [0.29, 0.717) is 17.0 Å². The van der Waals surface area contributed by atoms with Crippen molar-refractivity contribution >= 4 is 23.2 Å². The third-order valence-corrected chi connectivity index (χ3v) is 3.92. The molecule has 0 saturated heterocycles. The van der Waals surface area contributed by atoms with Crippen molar-refractivity contribution in [3.8, 4) is 0 Å². The fourth-order valence-corrected chi connectivity index (χ4v) is 2.70. The van der Waals surface area contributed by atoms with Crippen LogP contribution in [0.2, 0.25) is 10.0 Å². The lowest BCUT2D eigenvalue weighted by molar-refractivity contribution is 0.449. The van der Waals surface area contributed by atoms with E-state index in [9.17, 15) is 4.39 Å². The van der Waals surface area contributed by atoms with Gasteiger partial charge in [-0.25, -0.2) is 4.39 Å². The zero-order chi connectivity index (χ0) is 14.9. The predicted molar refractivity (Wildman–Crippen MR) is 79.5 cm³/mol. The van der Waals surface area contributed by atoms with Gasteiger partial charge in [0.1, 0.15) is 5.82 Å². The van der Waals surface area contributed by atoms with Crippen molar-refractivity contribution in [2.24, 2.45) is 12.8 Å². The van der Waals surface area contributed by atoms with Crippen molar-refractivity contribution < 1.29 is 4.39 Å². The summed E-state index contributed by atoms with van der Waals surface area (Å²) < 4.78 is 15.3. The maximum Gasteiger partial charge on any atom is 0.142 e. The number of aromatic nitrogens is 2. The first-order valence-electron chi connectivity index (χ1n) is 6.21. The molecule has 3 nitrogen and oxygen atoms in total. The van der Waals surface area contributed by atoms with Crippen LogP contribution in [0, 0.1) is 5.82 Å². The molecule has 2 rings (SSSR count). The highest BCUT2D eigenvalue weighted by Crippen LogP contribution is 2.33. The van der Waals surface area contributed by atoms with E-state index in [2.05, 4.69) is 5.10 Å². The number of hydrogen-bond donors (Lipinski definition) is 1. The van der Waals surface area contributed by atoms with Gasteiger partial charge >= 0.3 is 0 Å². The molecule has 1 aromatic heterocycles. The van der Waals surface area contributed by atoms with Gasteiger partial charge in [-0.15, -0.1) is 0 Å². The Kier molecular flexibility index (Phi) is 4.37. The van der Waals surface area contributed by atoms with E-state index in [1.54, 1.807) is 10.9 Å². The van der Waals surface area contributed by atoms with E-state index in [1.165, 1.54) is 12.1 Å². The molecule has 0 saturated carbocycles. The molecule has 1 aromatic carbocycles. The van der Waals surface area contributed by atoms with Crippen LogP contribution >= 0.6 is 23.2 Å². The molecular formula is C14H16Cl2FN3. The monoisotopic (exact) mass is 315 g/mol. The van der Waals surface area contributed by atoms with E-state index in [4.69, 9.17) is 28.9 Å². The first-order chi connectivity index (χ1) is 9.29. The van der Waals surface area contributed by atoms with E-state index >= 15 is 0 Å². The van der Waals surface area contributed by atoms with Crippen molar-refractivity contribution in [2.75, 3.05) is 0 Å². The van der Waals surface area contributed by atoms with E-state index in [0.717, 1.165) is 12.0 Å². The summed E-state index contributed by atoms with van der Waals surface area (Å²) in [6, 6.07) is 2.71. The van der Waals surface area contributed by atoms with Crippen LogP contribution in [-0.2, 0) is 19.0 Å². The molecule has 0 bridgehead atoms. The summed E-state index contributed by atoms with van der Waals surface area (Å²) in [6.45, 7) is 1.83. The molecule has 0 spiro atoms. The molecule has 0 aliphatic heterocycles.